The summed E-state index contributed by atoms with van der Waals surface area (Å²) >= 11 is 0. The van der Waals surface area contributed by atoms with Gasteiger partial charge in [0.2, 0.25) is 5.91 Å². The number of likely N-dealkylation sites (tertiary alicyclic amines) is 1. The number of nitrogens with one attached hydrogen (secondary N) is 2. The van der Waals surface area contributed by atoms with Crippen LogP contribution in [0.2, 0.25) is 0 Å². The van der Waals surface area contributed by atoms with Gasteiger partial charge in [0.15, 0.2) is 0 Å². The van der Waals surface area contributed by atoms with E-state index in [1.165, 1.54) is 0 Å². The highest BCUT2D eigenvalue weighted by Gasteiger charge is 2.31. The first-order chi connectivity index (χ1) is 10.2. The van der Waals surface area contributed by atoms with Gasteiger partial charge < -0.3 is 20.3 Å². The SMILES string of the molecule is CCCCNC(=O)C1CCN(C(=O)C2CNCCO2)CC1.Cl. The average molecular weight is 334 g/mol. The third kappa shape index (κ3) is 5.41. The average Bonchev–Trinajstić information content (AvgIpc) is 2.55. The van der Waals surface area contributed by atoms with E-state index in [2.05, 4.69) is 17.6 Å². The fourth-order valence-electron chi connectivity index (χ4n) is 2.82. The van der Waals surface area contributed by atoms with Crippen LogP contribution in [0.5, 0.6) is 0 Å². The fraction of sp³-hybridized carbons (Fsp3) is 0.867. The summed E-state index contributed by atoms with van der Waals surface area (Å²) in [6.07, 6.45) is 3.26. The van der Waals surface area contributed by atoms with Crippen molar-refractivity contribution in [3.8, 4) is 0 Å². The molecule has 0 bridgehead atoms. The maximum absolute atomic E-state index is 12.3. The van der Waals surface area contributed by atoms with Crippen molar-refractivity contribution in [3.05, 3.63) is 0 Å². The molecule has 1 atom stereocenters. The number of ether oxygens (including phenoxy) is 1. The van der Waals surface area contributed by atoms with Crippen molar-refractivity contribution in [1.29, 1.82) is 0 Å². The van der Waals surface area contributed by atoms with E-state index in [0.717, 1.165) is 38.8 Å². The van der Waals surface area contributed by atoms with Crippen LogP contribution in [0.4, 0.5) is 0 Å². The minimum atomic E-state index is -0.353. The summed E-state index contributed by atoms with van der Waals surface area (Å²) < 4.78 is 5.50. The van der Waals surface area contributed by atoms with Gasteiger partial charge in [-0.05, 0) is 19.3 Å². The van der Waals surface area contributed by atoms with E-state index in [1.807, 2.05) is 4.90 Å². The molecule has 2 rings (SSSR count). The summed E-state index contributed by atoms with van der Waals surface area (Å²) in [4.78, 5) is 26.1. The van der Waals surface area contributed by atoms with Crippen LogP contribution in [0.25, 0.3) is 0 Å². The van der Waals surface area contributed by atoms with Crippen LogP contribution in [0, 0.1) is 5.92 Å². The van der Waals surface area contributed by atoms with Gasteiger partial charge in [0, 0.05) is 38.6 Å². The van der Waals surface area contributed by atoms with Gasteiger partial charge in [0.1, 0.15) is 6.10 Å². The number of hydrogen-bond donors (Lipinski definition) is 2. The van der Waals surface area contributed by atoms with Crippen molar-refractivity contribution < 1.29 is 14.3 Å². The topological polar surface area (TPSA) is 70.7 Å². The quantitative estimate of drug-likeness (QED) is 0.721. The maximum Gasteiger partial charge on any atom is 0.253 e. The lowest BCUT2D eigenvalue weighted by atomic mass is 9.95. The van der Waals surface area contributed by atoms with Gasteiger partial charge >= 0.3 is 0 Å². The highest BCUT2D eigenvalue weighted by molar-refractivity contribution is 5.85. The molecule has 1 unspecified atom stereocenters. The van der Waals surface area contributed by atoms with E-state index in [1.54, 1.807) is 0 Å². The smallest absolute Gasteiger partial charge is 0.253 e. The molecule has 22 heavy (non-hydrogen) atoms. The molecule has 2 aliphatic rings. The number of carbonyl (C=O) groups excluding carboxylic acids is 2. The zero-order valence-electron chi connectivity index (χ0n) is 13.3. The summed E-state index contributed by atoms with van der Waals surface area (Å²) in [6.45, 7) is 6.18. The van der Waals surface area contributed by atoms with Crippen LogP contribution in [0.1, 0.15) is 32.6 Å². The van der Waals surface area contributed by atoms with E-state index < -0.39 is 0 Å². The first-order valence-electron chi connectivity index (χ1n) is 8.11. The monoisotopic (exact) mass is 333 g/mol. The van der Waals surface area contributed by atoms with Gasteiger partial charge in [-0.15, -0.1) is 12.4 Å². The Labute approximate surface area is 138 Å². The third-order valence-corrected chi connectivity index (χ3v) is 4.21. The highest BCUT2D eigenvalue weighted by Crippen LogP contribution is 2.18. The van der Waals surface area contributed by atoms with Crippen molar-refractivity contribution in [1.82, 2.24) is 15.5 Å². The lowest BCUT2D eigenvalue weighted by Gasteiger charge is -2.34. The number of nitrogens with zero attached hydrogens (tertiary/aromatic N) is 1. The van der Waals surface area contributed by atoms with Gasteiger partial charge in [-0.3, -0.25) is 9.59 Å². The summed E-state index contributed by atoms with van der Waals surface area (Å²) in [6, 6.07) is 0. The molecule has 0 aromatic rings. The highest BCUT2D eigenvalue weighted by atomic mass is 35.5. The molecule has 0 spiro atoms. The van der Waals surface area contributed by atoms with Crippen molar-refractivity contribution in [2.24, 2.45) is 5.92 Å². The number of amides is 2. The molecule has 0 aliphatic carbocycles. The molecule has 2 heterocycles. The predicted molar refractivity (Wildman–Crippen MR) is 87.1 cm³/mol. The van der Waals surface area contributed by atoms with Crippen LogP contribution in [0.3, 0.4) is 0 Å². The molecule has 0 aromatic carbocycles. The molecule has 7 heteroatoms. The third-order valence-electron chi connectivity index (χ3n) is 4.21. The van der Waals surface area contributed by atoms with E-state index in [4.69, 9.17) is 4.74 Å². The Balaban J connectivity index is 0.00000242. The Morgan fingerprint density at radius 3 is 2.64 bits per heavy atom. The molecule has 0 saturated carbocycles. The van der Waals surface area contributed by atoms with Crippen LogP contribution in [-0.4, -0.2) is 62.1 Å². The minimum Gasteiger partial charge on any atom is -0.366 e. The van der Waals surface area contributed by atoms with Crippen LogP contribution >= 0.6 is 12.4 Å². The number of hydrogen-bond acceptors (Lipinski definition) is 4. The summed E-state index contributed by atoms with van der Waals surface area (Å²) in [7, 11) is 0. The Kier molecular flexibility index (Phi) is 8.75. The zero-order valence-corrected chi connectivity index (χ0v) is 14.1. The van der Waals surface area contributed by atoms with Crippen molar-refractivity contribution in [2.75, 3.05) is 39.3 Å². The van der Waals surface area contributed by atoms with Crippen molar-refractivity contribution in [3.63, 3.8) is 0 Å². The maximum atomic E-state index is 12.3. The van der Waals surface area contributed by atoms with E-state index in [0.29, 0.717) is 26.2 Å². The molecule has 0 aromatic heterocycles. The Hall–Kier alpha value is -0.850. The van der Waals surface area contributed by atoms with Crippen LogP contribution in [-0.2, 0) is 14.3 Å². The van der Waals surface area contributed by atoms with Gasteiger partial charge in [-0.2, -0.15) is 0 Å². The number of piperidine rings is 1. The molecule has 2 fully saturated rings. The minimum absolute atomic E-state index is 0. The van der Waals surface area contributed by atoms with E-state index in [9.17, 15) is 9.59 Å². The van der Waals surface area contributed by atoms with Gasteiger partial charge in [0.05, 0.1) is 6.61 Å². The number of unbranched alkanes of at least 4 members (excludes halogenated alkanes) is 1. The number of rotatable bonds is 5. The lowest BCUT2D eigenvalue weighted by molar-refractivity contribution is -0.147. The number of carbonyl (C=O) groups is 2. The first-order valence-corrected chi connectivity index (χ1v) is 8.11. The standard InChI is InChI=1S/C15H27N3O3.ClH/c1-2-3-6-17-14(19)12-4-8-18(9-5-12)15(20)13-11-16-7-10-21-13;/h12-13,16H,2-11H2,1H3,(H,17,19);1H. The van der Waals surface area contributed by atoms with Gasteiger partial charge in [-0.25, -0.2) is 0 Å². The second-order valence-electron chi connectivity index (χ2n) is 5.81. The normalized spacial score (nSPS) is 22.8. The van der Waals surface area contributed by atoms with E-state index in [-0.39, 0.29) is 36.2 Å². The molecule has 2 N–H and O–H groups in total. The number of morpholine rings is 1. The Morgan fingerprint density at radius 2 is 2.05 bits per heavy atom. The molecule has 2 amide bonds. The molecule has 128 valence electrons. The van der Waals surface area contributed by atoms with E-state index >= 15 is 0 Å². The first kappa shape index (κ1) is 19.2. The second-order valence-corrected chi connectivity index (χ2v) is 5.81. The molecular formula is C15H28ClN3O3. The largest absolute Gasteiger partial charge is 0.366 e. The summed E-state index contributed by atoms with van der Waals surface area (Å²) in [5.74, 6) is 0.259. The van der Waals surface area contributed by atoms with Crippen molar-refractivity contribution >= 4 is 24.2 Å². The molecule has 2 saturated heterocycles. The van der Waals surface area contributed by atoms with Gasteiger partial charge in [-0.1, -0.05) is 13.3 Å². The Morgan fingerprint density at radius 1 is 1.32 bits per heavy atom. The fourth-order valence-corrected chi connectivity index (χ4v) is 2.82. The Bertz CT molecular complexity index is 354. The van der Waals surface area contributed by atoms with Crippen molar-refractivity contribution in [2.45, 2.75) is 38.7 Å². The summed E-state index contributed by atoms with van der Waals surface area (Å²) in [5.41, 5.74) is 0. The zero-order chi connectivity index (χ0) is 15.1. The second kappa shape index (κ2) is 10.0. The van der Waals surface area contributed by atoms with Gasteiger partial charge in [0.25, 0.3) is 5.91 Å². The predicted octanol–water partition coefficient (Wildman–Crippen LogP) is 0.552. The summed E-state index contributed by atoms with van der Waals surface area (Å²) in [5, 5.41) is 6.16. The molecule has 6 nitrogen and oxygen atoms in total. The molecule has 0 radical (unpaired) electrons. The van der Waals surface area contributed by atoms with Crippen LogP contribution < -0.4 is 10.6 Å². The number of halogens is 1. The molecular weight excluding hydrogens is 306 g/mol. The molecule has 2 aliphatic heterocycles. The lowest BCUT2D eigenvalue weighted by Crippen LogP contribution is -2.52. The van der Waals surface area contributed by atoms with Crippen LogP contribution in [0.15, 0.2) is 0 Å².